The van der Waals surface area contributed by atoms with E-state index >= 15 is 0 Å². The van der Waals surface area contributed by atoms with Crippen LogP contribution in [0.4, 0.5) is 5.69 Å². The molecule has 2 N–H and O–H groups in total. The summed E-state index contributed by atoms with van der Waals surface area (Å²) in [6.07, 6.45) is 4.33. The maximum absolute atomic E-state index is 12.8. The number of fused-ring (bicyclic) bond motifs is 1. The number of nitrogens with zero attached hydrogens (tertiary/aromatic N) is 2. The van der Waals surface area contributed by atoms with Crippen molar-refractivity contribution in [2.24, 2.45) is 0 Å². The number of hydrogen-bond acceptors (Lipinski definition) is 3. The molecule has 6 heteroatoms. The molecule has 0 bridgehead atoms. The Morgan fingerprint density at radius 3 is 2.84 bits per heavy atom. The van der Waals surface area contributed by atoms with E-state index in [-0.39, 0.29) is 11.8 Å². The summed E-state index contributed by atoms with van der Waals surface area (Å²) in [6.45, 7) is 6.61. The molecular formula is C19H22N4O2. The van der Waals surface area contributed by atoms with Crippen molar-refractivity contribution in [1.29, 1.82) is 0 Å². The van der Waals surface area contributed by atoms with E-state index in [1.54, 1.807) is 6.08 Å². The second-order valence-electron chi connectivity index (χ2n) is 6.11. The maximum Gasteiger partial charge on any atom is 0.287 e. The van der Waals surface area contributed by atoms with Crippen molar-refractivity contribution in [2.45, 2.75) is 32.7 Å². The lowest BCUT2D eigenvalue weighted by atomic mass is 10.1. The van der Waals surface area contributed by atoms with Gasteiger partial charge in [0.15, 0.2) is 11.5 Å². The summed E-state index contributed by atoms with van der Waals surface area (Å²) in [7, 11) is 0. The Hall–Kier alpha value is -2.89. The third-order valence-corrected chi connectivity index (χ3v) is 4.34. The normalized spacial score (nSPS) is 13.0. The van der Waals surface area contributed by atoms with Gasteiger partial charge < -0.3 is 15.2 Å². The quantitative estimate of drug-likeness (QED) is 0.823. The summed E-state index contributed by atoms with van der Waals surface area (Å²) in [5, 5.41) is 5.65. The van der Waals surface area contributed by atoms with Crippen LogP contribution in [0.25, 0.3) is 0 Å². The van der Waals surface area contributed by atoms with E-state index in [1.165, 1.54) is 0 Å². The van der Waals surface area contributed by atoms with E-state index in [0.717, 1.165) is 36.2 Å². The molecule has 0 unspecified atom stereocenters. The number of amides is 2. The molecule has 25 heavy (non-hydrogen) atoms. The van der Waals surface area contributed by atoms with E-state index in [2.05, 4.69) is 22.2 Å². The molecule has 6 nitrogen and oxygen atoms in total. The number of para-hydroxylation sites is 1. The summed E-state index contributed by atoms with van der Waals surface area (Å²) in [5.41, 5.74) is 2.91. The Morgan fingerprint density at radius 2 is 2.08 bits per heavy atom. The van der Waals surface area contributed by atoms with Crippen LogP contribution in [0, 0.1) is 6.92 Å². The molecule has 2 aromatic rings. The Morgan fingerprint density at radius 1 is 1.28 bits per heavy atom. The van der Waals surface area contributed by atoms with Gasteiger partial charge in [-0.3, -0.25) is 9.59 Å². The second kappa shape index (κ2) is 7.34. The average Bonchev–Trinajstić information content (AvgIpc) is 3.01. The minimum atomic E-state index is -0.280. The molecule has 0 spiro atoms. The van der Waals surface area contributed by atoms with Crippen molar-refractivity contribution >= 4 is 17.5 Å². The molecule has 2 heterocycles. The number of imidazole rings is 1. The molecule has 0 fully saturated rings. The zero-order chi connectivity index (χ0) is 17.8. The van der Waals surface area contributed by atoms with Crippen LogP contribution in [0.3, 0.4) is 0 Å². The minimum Gasteiger partial charge on any atom is -0.346 e. The predicted molar refractivity (Wildman–Crippen MR) is 96.8 cm³/mol. The lowest BCUT2D eigenvalue weighted by Crippen LogP contribution is -2.28. The number of rotatable bonds is 5. The lowest BCUT2D eigenvalue weighted by Gasteiger charge is -2.17. The average molecular weight is 338 g/mol. The second-order valence-corrected chi connectivity index (χ2v) is 6.11. The predicted octanol–water partition coefficient (Wildman–Crippen LogP) is 2.70. The van der Waals surface area contributed by atoms with Crippen LogP contribution in [-0.4, -0.2) is 27.9 Å². The van der Waals surface area contributed by atoms with Gasteiger partial charge >= 0.3 is 0 Å². The number of nitrogens with one attached hydrogen (secondary N) is 2. The summed E-state index contributed by atoms with van der Waals surface area (Å²) >= 11 is 0. The van der Waals surface area contributed by atoms with Crippen LogP contribution >= 0.6 is 0 Å². The number of carbonyl (C=O) groups excluding carboxylic acids is 2. The molecule has 1 aliphatic heterocycles. The van der Waals surface area contributed by atoms with Crippen molar-refractivity contribution in [3.8, 4) is 0 Å². The first kappa shape index (κ1) is 17.0. The summed E-state index contributed by atoms with van der Waals surface area (Å²) in [4.78, 5) is 29.5. The van der Waals surface area contributed by atoms with Gasteiger partial charge in [0.25, 0.3) is 11.8 Å². The van der Waals surface area contributed by atoms with E-state index in [9.17, 15) is 9.59 Å². The zero-order valence-electron chi connectivity index (χ0n) is 14.3. The maximum atomic E-state index is 12.8. The van der Waals surface area contributed by atoms with Crippen LogP contribution in [0.2, 0.25) is 0 Å². The van der Waals surface area contributed by atoms with E-state index in [0.29, 0.717) is 24.6 Å². The molecule has 1 aromatic carbocycles. The molecule has 1 aliphatic rings. The third-order valence-electron chi connectivity index (χ3n) is 4.34. The fourth-order valence-electron chi connectivity index (χ4n) is 3.04. The molecule has 1 aromatic heterocycles. The van der Waals surface area contributed by atoms with Crippen LogP contribution in [0.1, 0.15) is 45.2 Å². The largest absolute Gasteiger partial charge is 0.346 e. The summed E-state index contributed by atoms with van der Waals surface area (Å²) in [6, 6.07) is 7.59. The van der Waals surface area contributed by atoms with Gasteiger partial charge in [-0.1, -0.05) is 24.3 Å². The highest BCUT2D eigenvalue weighted by molar-refractivity contribution is 6.05. The Bertz CT molecular complexity index is 823. The number of benzene rings is 1. The topological polar surface area (TPSA) is 76.0 Å². The standard InChI is InChI=1S/C19H22N4O2/c1-3-11-20-19(25)17-22-16(15-10-6-7-12-23(15)17)18(24)21-14-9-5-4-8-13(14)2/h3-5,8-9H,1,6-7,10-12H2,2H3,(H,20,25)(H,21,24). The van der Waals surface area contributed by atoms with Gasteiger partial charge in [-0.15, -0.1) is 6.58 Å². The van der Waals surface area contributed by atoms with E-state index in [1.807, 2.05) is 35.8 Å². The van der Waals surface area contributed by atoms with Gasteiger partial charge in [-0.05, 0) is 37.8 Å². The zero-order valence-corrected chi connectivity index (χ0v) is 14.3. The first-order valence-electron chi connectivity index (χ1n) is 8.47. The number of aromatic nitrogens is 2. The van der Waals surface area contributed by atoms with Gasteiger partial charge in [-0.25, -0.2) is 4.98 Å². The molecule has 0 radical (unpaired) electrons. The Kier molecular flexibility index (Phi) is 4.97. The van der Waals surface area contributed by atoms with Crippen molar-refractivity contribution in [2.75, 3.05) is 11.9 Å². The summed E-state index contributed by atoms with van der Waals surface area (Å²) < 4.78 is 1.87. The first-order valence-corrected chi connectivity index (χ1v) is 8.47. The van der Waals surface area contributed by atoms with Gasteiger partial charge in [0.05, 0.1) is 5.69 Å². The first-order chi connectivity index (χ1) is 12.1. The smallest absolute Gasteiger partial charge is 0.287 e. The van der Waals surface area contributed by atoms with Crippen LogP contribution in [0.5, 0.6) is 0 Å². The SMILES string of the molecule is C=CCNC(=O)c1nc(C(=O)Nc2ccccc2C)c2n1CCCC2. The number of anilines is 1. The fourth-order valence-corrected chi connectivity index (χ4v) is 3.04. The van der Waals surface area contributed by atoms with Gasteiger partial charge in [0, 0.05) is 18.8 Å². The van der Waals surface area contributed by atoms with Crippen molar-refractivity contribution < 1.29 is 9.59 Å². The van der Waals surface area contributed by atoms with Crippen LogP contribution in [-0.2, 0) is 13.0 Å². The number of aryl methyl sites for hydroxylation is 1. The molecule has 2 amide bonds. The van der Waals surface area contributed by atoms with Crippen molar-refractivity contribution in [3.05, 3.63) is 59.7 Å². The molecule has 0 atom stereocenters. The summed E-state index contributed by atoms with van der Waals surface area (Å²) in [5.74, 6) is -0.257. The Labute approximate surface area is 147 Å². The molecule has 0 aliphatic carbocycles. The van der Waals surface area contributed by atoms with Crippen LogP contribution in [0.15, 0.2) is 36.9 Å². The van der Waals surface area contributed by atoms with Crippen LogP contribution < -0.4 is 10.6 Å². The number of carbonyl (C=O) groups is 2. The monoisotopic (exact) mass is 338 g/mol. The molecule has 3 rings (SSSR count). The van der Waals surface area contributed by atoms with Crippen molar-refractivity contribution in [1.82, 2.24) is 14.9 Å². The van der Waals surface area contributed by atoms with Gasteiger partial charge in [-0.2, -0.15) is 0 Å². The van der Waals surface area contributed by atoms with E-state index in [4.69, 9.17) is 0 Å². The van der Waals surface area contributed by atoms with Crippen molar-refractivity contribution in [3.63, 3.8) is 0 Å². The third kappa shape index (κ3) is 3.47. The molecular weight excluding hydrogens is 316 g/mol. The molecule has 130 valence electrons. The van der Waals surface area contributed by atoms with E-state index < -0.39 is 0 Å². The van der Waals surface area contributed by atoms with Gasteiger partial charge in [0.1, 0.15) is 0 Å². The fraction of sp³-hybridized carbons (Fsp3) is 0.316. The number of hydrogen-bond donors (Lipinski definition) is 2. The van der Waals surface area contributed by atoms with Gasteiger partial charge in [0.2, 0.25) is 0 Å². The molecule has 0 saturated carbocycles. The lowest BCUT2D eigenvalue weighted by molar-refractivity contribution is 0.0942. The highest BCUT2D eigenvalue weighted by atomic mass is 16.2. The molecule has 0 saturated heterocycles. The minimum absolute atomic E-state index is 0.275. The highest BCUT2D eigenvalue weighted by Gasteiger charge is 2.27. The highest BCUT2D eigenvalue weighted by Crippen LogP contribution is 2.23. The Balaban J connectivity index is 1.92.